The van der Waals surface area contributed by atoms with Crippen LogP contribution in [0.25, 0.3) is 0 Å². The van der Waals surface area contributed by atoms with Crippen LogP contribution in [0.2, 0.25) is 0 Å². The summed E-state index contributed by atoms with van der Waals surface area (Å²) in [7, 11) is 1.28. The van der Waals surface area contributed by atoms with Gasteiger partial charge in [-0.1, -0.05) is 5.23 Å². The second kappa shape index (κ2) is 6.24. The number of ether oxygens (including phenoxy) is 1. The van der Waals surface area contributed by atoms with Crippen LogP contribution in [-0.2, 0) is 19.2 Å². The number of hydrogen-bond acceptors (Lipinski definition) is 9. The normalized spacial score (nSPS) is 21.6. The maximum absolute atomic E-state index is 12.4. The lowest BCUT2D eigenvalue weighted by Gasteiger charge is -2.34. The molecule has 0 aromatic carbocycles. The van der Waals surface area contributed by atoms with Crippen LogP contribution in [0.3, 0.4) is 0 Å². The third-order valence-corrected chi connectivity index (χ3v) is 4.37. The van der Waals surface area contributed by atoms with E-state index < -0.39 is 24.0 Å². The number of thiophene rings is 1. The van der Waals surface area contributed by atoms with Crippen LogP contribution in [0.15, 0.2) is 5.38 Å². The van der Waals surface area contributed by atoms with E-state index in [2.05, 4.69) is 4.74 Å². The van der Waals surface area contributed by atoms with Gasteiger partial charge in [0.15, 0.2) is 6.23 Å². The van der Waals surface area contributed by atoms with Crippen molar-refractivity contribution < 1.29 is 28.8 Å². The second-order valence-electron chi connectivity index (χ2n) is 4.93. The molecule has 0 radical (unpaired) electrons. The van der Waals surface area contributed by atoms with E-state index in [0.29, 0.717) is 17.0 Å². The molecule has 23 heavy (non-hydrogen) atoms. The lowest BCUT2D eigenvalue weighted by molar-refractivity contribution is -0.424. The van der Waals surface area contributed by atoms with Gasteiger partial charge in [0.05, 0.1) is 42.8 Å². The van der Waals surface area contributed by atoms with E-state index >= 15 is 0 Å². The zero-order valence-electron chi connectivity index (χ0n) is 12.3. The van der Waals surface area contributed by atoms with Gasteiger partial charge in [-0.3, -0.25) is 19.2 Å². The van der Waals surface area contributed by atoms with Gasteiger partial charge in [0, 0.05) is 11.8 Å². The van der Waals surface area contributed by atoms with Gasteiger partial charge in [0.2, 0.25) is 0 Å². The zero-order valence-corrected chi connectivity index (χ0v) is 13.1. The number of carbonyl (C=O) groups excluding carboxylic acids is 3. The smallest absolute Gasteiger partial charge is 0.306 e. The van der Waals surface area contributed by atoms with Crippen molar-refractivity contribution in [1.29, 1.82) is 0 Å². The number of amides is 2. The van der Waals surface area contributed by atoms with E-state index in [1.54, 1.807) is 5.38 Å². The molecule has 0 saturated carbocycles. The standard InChI is InChI=1S/C13H15N3O6S/c1-20-9(17)2-4-15-21-5-3-8(22-15)16-12(18)7-6-23-11(14)10(7)13(16)19/h6,8H,2-5,14H2,1H3. The molecule has 0 bridgehead atoms. The molecule has 2 aliphatic rings. The van der Waals surface area contributed by atoms with E-state index in [1.165, 1.54) is 7.11 Å². The van der Waals surface area contributed by atoms with Gasteiger partial charge in [0.1, 0.15) is 0 Å². The fourth-order valence-corrected chi connectivity index (χ4v) is 3.19. The molecule has 1 aromatic heterocycles. The Bertz CT molecular complexity index is 660. The molecule has 0 aliphatic carbocycles. The summed E-state index contributed by atoms with van der Waals surface area (Å²) in [5.41, 5.74) is 6.28. The number of imide groups is 1. The first kappa shape index (κ1) is 15.9. The summed E-state index contributed by atoms with van der Waals surface area (Å²) in [6.45, 7) is 0.383. The van der Waals surface area contributed by atoms with Crippen LogP contribution in [0.1, 0.15) is 33.6 Å². The van der Waals surface area contributed by atoms with Crippen molar-refractivity contribution >= 4 is 34.1 Å². The van der Waals surface area contributed by atoms with Crippen molar-refractivity contribution in [3.05, 3.63) is 16.5 Å². The quantitative estimate of drug-likeness (QED) is 0.618. The number of nitrogens with zero attached hydrogens (tertiary/aromatic N) is 2. The molecular formula is C13H15N3O6S. The Morgan fingerprint density at radius 1 is 1.48 bits per heavy atom. The molecule has 9 nitrogen and oxygen atoms in total. The van der Waals surface area contributed by atoms with Crippen LogP contribution in [0, 0.1) is 0 Å². The van der Waals surface area contributed by atoms with Crippen molar-refractivity contribution in [2.75, 3.05) is 26.0 Å². The number of fused-ring (bicyclic) bond motifs is 1. The van der Waals surface area contributed by atoms with Gasteiger partial charge in [-0.2, -0.15) is 0 Å². The summed E-state index contributed by atoms with van der Waals surface area (Å²) < 4.78 is 4.54. The predicted octanol–water partition coefficient (Wildman–Crippen LogP) is 0.384. The number of methoxy groups -OCH3 is 1. The number of nitrogen functional groups attached to an aromatic ring is 1. The maximum atomic E-state index is 12.4. The van der Waals surface area contributed by atoms with Crippen molar-refractivity contribution in [3.63, 3.8) is 0 Å². The molecule has 1 saturated heterocycles. The van der Waals surface area contributed by atoms with Crippen molar-refractivity contribution in [2.45, 2.75) is 19.1 Å². The minimum Gasteiger partial charge on any atom is -0.469 e. The Morgan fingerprint density at radius 3 is 2.96 bits per heavy atom. The summed E-state index contributed by atoms with van der Waals surface area (Å²) in [5, 5.41) is 2.98. The summed E-state index contributed by atoms with van der Waals surface area (Å²) in [6.07, 6.45) is -0.400. The minimum absolute atomic E-state index is 0.0605. The topological polar surface area (TPSA) is 111 Å². The first-order valence-corrected chi connectivity index (χ1v) is 7.79. The molecule has 2 N–H and O–H groups in total. The summed E-state index contributed by atoms with van der Waals surface area (Å²) in [5.74, 6) is -1.32. The van der Waals surface area contributed by atoms with E-state index in [4.69, 9.17) is 15.4 Å². The molecule has 3 rings (SSSR count). The number of esters is 1. The van der Waals surface area contributed by atoms with Crippen LogP contribution < -0.4 is 5.73 Å². The fraction of sp³-hybridized carbons (Fsp3) is 0.462. The average Bonchev–Trinajstić information content (AvgIpc) is 3.05. The predicted molar refractivity (Wildman–Crippen MR) is 78.0 cm³/mol. The highest BCUT2D eigenvalue weighted by atomic mass is 32.1. The van der Waals surface area contributed by atoms with Crippen LogP contribution in [0.4, 0.5) is 5.00 Å². The van der Waals surface area contributed by atoms with Crippen molar-refractivity contribution in [2.24, 2.45) is 0 Å². The molecule has 1 atom stereocenters. The molecule has 2 aliphatic heterocycles. The summed E-state index contributed by atoms with van der Waals surface area (Å²) in [4.78, 5) is 47.8. The number of rotatable bonds is 4. The molecule has 1 aromatic rings. The molecule has 10 heteroatoms. The lowest BCUT2D eigenvalue weighted by atomic mass is 10.2. The van der Waals surface area contributed by atoms with E-state index in [1.807, 2.05) is 0 Å². The highest BCUT2D eigenvalue weighted by Crippen LogP contribution is 2.35. The zero-order chi connectivity index (χ0) is 16.6. The Morgan fingerprint density at radius 2 is 2.26 bits per heavy atom. The molecular weight excluding hydrogens is 326 g/mol. The summed E-state index contributed by atoms with van der Waals surface area (Å²) in [6, 6.07) is 0. The lowest BCUT2D eigenvalue weighted by Crippen LogP contribution is -2.49. The summed E-state index contributed by atoms with van der Waals surface area (Å²) >= 11 is 1.16. The maximum Gasteiger partial charge on any atom is 0.306 e. The Labute approximate surface area is 135 Å². The fourth-order valence-electron chi connectivity index (χ4n) is 2.41. The second-order valence-corrected chi connectivity index (χ2v) is 5.84. The number of nitrogens with two attached hydrogens (primary N) is 1. The van der Waals surface area contributed by atoms with E-state index in [9.17, 15) is 14.4 Å². The molecule has 2 amide bonds. The molecule has 3 heterocycles. The van der Waals surface area contributed by atoms with Crippen LogP contribution >= 0.6 is 11.3 Å². The van der Waals surface area contributed by atoms with E-state index in [0.717, 1.165) is 21.5 Å². The number of anilines is 1. The Hall–Kier alpha value is -2.01. The molecule has 1 fully saturated rings. The van der Waals surface area contributed by atoms with Gasteiger partial charge in [-0.05, 0) is 0 Å². The number of hydrogen-bond donors (Lipinski definition) is 1. The largest absolute Gasteiger partial charge is 0.469 e. The first-order valence-electron chi connectivity index (χ1n) is 6.91. The molecule has 124 valence electrons. The number of hydroxylamine groups is 2. The minimum atomic E-state index is -0.793. The van der Waals surface area contributed by atoms with Crippen LogP contribution in [0.5, 0.6) is 0 Å². The monoisotopic (exact) mass is 341 g/mol. The molecule has 0 spiro atoms. The van der Waals surface area contributed by atoms with Gasteiger partial charge in [0.25, 0.3) is 11.8 Å². The van der Waals surface area contributed by atoms with Gasteiger partial charge < -0.3 is 10.5 Å². The van der Waals surface area contributed by atoms with Crippen molar-refractivity contribution in [3.8, 4) is 0 Å². The van der Waals surface area contributed by atoms with Gasteiger partial charge in [-0.15, -0.1) is 11.3 Å². The first-order chi connectivity index (χ1) is 11.0. The number of carbonyl (C=O) groups is 3. The van der Waals surface area contributed by atoms with E-state index in [-0.39, 0.29) is 25.1 Å². The van der Waals surface area contributed by atoms with Gasteiger partial charge in [-0.25, -0.2) is 9.74 Å². The third-order valence-electron chi connectivity index (χ3n) is 3.55. The highest BCUT2D eigenvalue weighted by Gasteiger charge is 2.44. The Kier molecular flexibility index (Phi) is 4.31. The van der Waals surface area contributed by atoms with Crippen molar-refractivity contribution in [1.82, 2.24) is 10.1 Å². The third kappa shape index (κ3) is 2.81. The Balaban J connectivity index is 1.69. The van der Waals surface area contributed by atoms with Crippen LogP contribution in [-0.4, -0.2) is 54.4 Å². The molecule has 1 unspecified atom stereocenters. The average molecular weight is 341 g/mol. The SMILES string of the molecule is COC(=O)CCN1OCCC(N2C(=O)c3csc(N)c3C2=O)O1. The highest BCUT2D eigenvalue weighted by molar-refractivity contribution is 7.14. The van der Waals surface area contributed by atoms with Gasteiger partial charge >= 0.3 is 5.97 Å².